The van der Waals surface area contributed by atoms with Crippen LogP contribution in [-0.2, 0) is 0 Å². The highest BCUT2D eigenvalue weighted by molar-refractivity contribution is 5.80. The van der Waals surface area contributed by atoms with Gasteiger partial charge in [0.1, 0.15) is 5.52 Å². The Labute approximate surface area is 195 Å². The first-order chi connectivity index (χ1) is 15.9. The molecule has 3 aromatic rings. The minimum atomic E-state index is 0.0676. The summed E-state index contributed by atoms with van der Waals surface area (Å²) in [4.78, 5) is 10.6. The number of anilines is 1. The molecule has 4 nitrogen and oxygen atoms in total. The lowest BCUT2D eigenvalue weighted by Gasteiger charge is -2.42. The first-order valence-electron chi connectivity index (χ1n) is 11.5. The maximum atomic E-state index is 7.92. The van der Waals surface area contributed by atoms with Crippen molar-refractivity contribution in [3.63, 3.8) is 0 Å². The van der Waals surface area contributed by atoms with Crippen LogP contribution < -0.4 is 4.90 Å². The molecule has 2 aromatic carbocycles. The molecule has 166 valence electrons. The third-order valence-corrected chi connectivity index (χ3v) is 7.04. The van der Waals surface area contributed by atoms with Crippen molar-refractivity contribution in [3.05, 3.63) is 94.7 Å². The SMILES string of the molecule is [C-]#[N+]C(=C1C=C2C=C(c3ccc(N(C)C)cc3)CCC2C(C)(C)C1)c1nc2ccccc2o1. The van der Waals surface area contributed by atoms with Crippen molar-refractivity contribution < 1.29 is 4.42 Å². The lowest BCUT2D eigenvalue weighted by atomic mass is 9.62. The standard InChI is InChI=1S/C29H29N3O/c1-29(2)18-22(27(30-3)28-31-25-8-6-7-9-26(25)33-28)17-21-16-20(12-15-24(21)29)19-10-13-23(14-11-19)32(4)5/h6-11,13-14,16-17,24H,12,15,18H2,1-2,4-5H3. The maximum absolute atomic E-state index is 7.92. The second-order valence-electron chi connectivity index (χ2n) is 9.98. The summed E-state index contributed by atoms with van der Waals surface area (Å²) in [6.45, 7) is 12.6. The smallest absolute Gasteiger partial charge is 0.250 e. The van der Waals surface area contributed by atoms with Gasteiger partial charge in [-0.15, -0.1) is 0 Å². The van der Waals surface area contributed by atoms with Crippen molar-refractivity contribution in [1.29, 1.82) is 0 Å². The number of rotatable bonds is 3. The highest BCUT2D eigenvalue weighted by atomic mass is 16.3. The summed E-state index contributed by atoms with van der Waals surface area (Å²) in [5, 5.41) is 0. The van der Waals surface area contributed by atoms with Crippen LogP contribution in [-0.4, -0.2) is 19.1 Å². The van der Waals surface area contributed by atoms with E-state index in [2.05, 4.69) is 79.1 Å². The Hall–Kier alpha value is -3.58. The molecule has 1 heterocycles. The second kappa shape index (κ2) is 8.08. The summed E-state index contributed by atoms with van der Waals surface area (Å²) in [7, 11) is 4.13. The Morgan fingerprint density at radius 1 is 1.09 bits per heavy atom. The number of fused-ring (bicyclic) bond motifs is 2. The zero-order valence-electron chi connectivity index (χ0n) is 19.7. The molecule has 5 rings (SSSR count). The van der Waals surface area contributed by atoms with E-state index in [0.717, 1.165) is 35.9 Å². The molecule has 0 saturated heterocycles. The van der Waals surface area contributed by atoms with E-state index in [1.807, 2.05) is 24.3 Å². The summed E-state index contributed by atoms with van der Waals surface area (Å²) in [5.74, 6) is 0.910. The molecule has 4 heteroatoms. The first kappa shape index (κ1) is 21.3. The molecule has 33 heavy (non-hydrogen) atoms. The van der Waals surface area contributed by atoms with E-state index in [4.69, 9.17) is 11.0 Å². The van der Waals surface area contributed by atoms with Crippen LogP contribution in [0.25, 0.3) is 27.2 Å². The van der Waals surface area contributed by atoms with Gasteiger partial charge in [-0.2, -0.15) is 0 Å². The van der Waals surface area contributed by atoms with Crippen LogP contribution in [0.3, 0.4) is 0 Å². The van der Waals surface area contributed by atoms with Crippen LogP contribution in [0, 0.1) is 17.9 Å². The fourth-order valence-electron chi connectivity index (χ4n) is 5.27. The van der Waals surface area contributed by atoms with Crippen LogP contribution in [0.4, 0.5) is 5.69 Å². The number of aromatic nitrogens is 1. The summed E-state index contributed by atoms with van der Waals surface area (Å²) in [5.41, 5.74) is 8.29. The summed E-state index contributed by atoms with van der Waals surface area (Å²) in [6, 6.07) is 16.5. The molecule has 0 amide bonds. The lowest BCUT2D eigenvalue weighted by molar-refractivity contribution is 0.228. The van der Waals surface area contributed by atoms with Crippen molar-refractivity contribution in [1.82, 2.24) is 4.98 Å². The Balaban J connectivity index is 1.58. The fraction of sp³-hybridized carbons (Fsp3) is 0.310. The Kier molecular flexibility index (Phi) is 5.21. The minimum Gasteiger partial charge on any atom is -0.447 e. The van der Waals surface area contributed by atoms with Gasteiger partial charge in [0.25, 0.3) is 5.70 Å². The van der Waals surface area contributed by atoms with Crippen LogP contribution in [0.15, 0.2) is 76.2 Å². The van der Waals surface area contributed by atoms with E-state index in [-0.39, 0.29) is 5.41 Å². The second-order valence-corrected chi connectivity index (χ2v) is 9.98. The van der Waals surface area contributed by atoms with Crippen LogP contribution in [0.2, 0.25) is 0 Å². The Morgan fingerprint density at radius 3 is 2.55 bits per heavy atom. The van der Waals surface area contributed by atoms with Gasteiger partial charge in [0.2, 0.25) is 5.89 Å². The maximum Gasteiger partial charge on any atom is 0.250 e. The first-order valence-corrected chi connectivity index (χ1v) is 11.5. The Bertz CT molecular complexity index is 1310. The number of oxazole rings is 1. The van der Waals surface area contributed by atoms with Crippen molar-refractivity contribution >= 4 is 28.1 Å². The van der Waals surface area contributed by atoms with Gasteiger partial charge in [-0.25, -0.2) is 9.83 Å². The molecule has 0 fully saturated rings. The molecule has 0 aliphatic heterocycles. The number of allylic oxidation sites excluding steroid dienone is 5. The molecular weight excluding hydrogens is 406 g/mol. The monoisotopic (exact) mass is 435 g/mol. The van der Waals surface area contributed by atoms with Crippen LogP contribution >= 0.6 is 0 Å². The summed E-state index contributed by atoms with van der Waals surface area (Å²) in [6.07, 6.45) is 7.63. The zero-order chi connectivity index (χ0) is 23.2. The van der Waals surface area contributed by atoms with Gasteiger partial charge < -0.3 is 9.32 Å². The third-order valence-electron chi connectivity index (χ3n) is 7.04. The van der Waals surface area contributed by atoms with Crippen molar-refractivity contribution in [2.75, 3.05) is 19.0 Å². The molecule has 0 radical (unpaired) electrons. The van der Waals surface area contributed by atoms with Crippen molar-refractivity contribution in [3.8, 4) is 0 Å². The van der Waals surface area contributed by atoms with Gasteiger partial charge in [-0.3, -0.25) is 0 Å². The number of benzene rings is 2. The van der Waals surface area contributed by atoms with Crippen molar-refractivity contribution in [2.45, 2.75) is 33.1 Å². The molecule has 0 saturated carbocycles. The predicted octanol–water partition coefficient (Wildman–Crippen LogP) is 7.37. The molecule has 1 unspecified atom stereocenters. The molecule has 1 atom stereocenters. The van der Waals surface area contributed by atoms with Gasteiger partial charge >= 0.3 is 0 Å². The van der Waals surface area contributed by atoms with Crippen molar-refractivity contribution in [2.24, 2.45) is 11.3 Å². The fourth-order valence-corrected chi connectivity index (χ4v) is 5.27. The van der Waals surface area contributed by atoms with Crippen LogP contribution in [0.1, 0.15) is 44.6 Å². The van der Waals surface area contributed by atoms with E-state index < -0.39 is 0 Å². The number of hydrogen-bond donors (Lipinski definition) is 0. The molecule has 1 aromatic heterocycles. The van der Waals surface area contributed by atoms with Gasteiger partial charge in [0, 0.05) is 19.8 Å². The molecular formula is C29H29N3O. The number of hydrogen-bond acceptors (Lipinski definition) is 3. The molecule has 0 spiro atoms. The molecule has 0 bridgehead atoms. The summed E-state index contributed by atoms with van der Waals surface area (Å²) >= 11 is 0. The highest BCUT2D eigenvalue weighted by Crippen LogP contribution is 2.51. The third kappa shape index (κ3) is 3.89. The van der Waals surface area contributed by atoms with E-state index in [1.54, 1.807) is 0 Å². The van der Waals surface area contributed by atoms with Crippen LogP contribution in [0.5, 0.6) is 0 Å². The van der Waals surface area contributed by atoms with Gasteiger partial charge in [-0.1, -0.05) is 50.3 Å². The molecule has 2 aliphatic rings. The molecule has 2 aliphatic carbocycles. The Morgan fingerprint density at radius 2 is 1.85 bits per heavy atom. The predicted molar refractivity (Wildman–Crippen MR) is 135 cm³/mol. The quantitative estimate of drug-likeness (QED) is 0.403. The van der Waals surface area contributed by atoms with Gasteiger partial charge in [0.05, 0.1) is 6.57 Å². The lowest BCUT2D eigenvalue weighted by Crippen LogP contribution is -2.31. The van der Waals surface area contributed by atoms with E-state index in [9.17, 15) is 0 Å². The summed E-state index contributed by atoms with van der Waals surface area (Å²) < 4.78 is 5.97. The minimum absolute atomic E-state index is 0.0676. The van der Waals surface area contributed by atoms with E-state index in [0.29, 0.717) is 17.5 Å². The highest BCUT2D eigenvalue weighted by Gasteiger charge is 2.38. The van der Waals surface area contributed by atoms with Gasteiger partial charge in [0.15, 0.2) is 5.58 Å². The van der Waals surface area contributed by atoms with E-state index >= 15 is 0 Å². The average molecular weight is 436 g/mol. The van der Waals surface area contributed by atoms with Gasteiger partial charge in [-0.05, 0) is 77.1 Å². The largest absolute Gasteiger partial charge is 0.447 e. The number of para-hydroxylation sites is 2. The zero-order valence-corrected chi connectivity index (χ0v) is 19.7. The topological polar surface area (TPSA) is 33.6 Å². The average Bonchev–Trinajstić information content (AvgIpc) is 3.22. The number of nitrogens with zero attached hydrogens (tertiary/aromatic N) is 3. The van der Waals surface area contributed by atoms with E-state index in [1.165, 1.54) is 22.4 Å². The molecule has 0 N–H and O–H groups in total. The normalized spacial score (nSPS) is 21.0.